The number of rotatable bonds is 6. The van der Waals surface area contributed by atoms with Gasteiger partial charge in [-0.3, -0.25) is 4.79 Å². The summed E-state index contributed by atoms with van der Waals surface area (Å²) in [4.78, 5) is 13.0. The number of aliphatic hydroxyl groups excluding tert-OH is 1. The molecule has 1 amide bonds. The van der Waals surface area contributed by atoms with E-state index in [1.54, 1.807) is 4.90 Å². The first kappa shape index (κ1) is 12.0. The molecule has 13 heavy (non-hydrogen) atoms. The number of amides is 1. The van der Waals surface area contributed by atoms with Crippen molar-refractivity contribution in [1.82, 2.24) is 4.90 Å². The predicted molar refractivity (Wildman–Crippen MR) is 52.0 cm³/mol. The fourth-order valence-corrected chi connectivity index (χ4v) is 1.06. The number of nitrogens with zero attached hydrogens (tertiary/aromatic N) is 1. The fourth-order valence-electron chi connectivity index (χ4n) is 1.06. The molecule has 0 rings (SSSR count). The van der Waals surface area contributed by atoms with Gasteiger partial charge in [0.1, 0.15) is 0 Å². The van der Waals surface area contributed by atoms with Crippen LogP contribution in [0.25, 0.3) is 0 Å². The van der Waals surface area contributed by atoms with Crippen LogP contribution in [-0.2, 0) is 4.79 Å². The summed E-state index contributed by atoms with van der Waals surface area (Å²) in [6.07, 6.45) is 6.95. The lowest BCUT2D eigenvalue weighted by Gasteiger charge is -2.18. The van der Waals surface area contributed by atoms with Crippen LogP contribution < -0.4 is 0 Å². The molecule has 0 radical (unpaired) electrons. The van der Waals surface area contributed by atoms with E-state index in [0.29, 0.717) is 25.9 Å². The maximum atomic E-state index is 11.4. The molecule has 3 heteroatoms. The summed E-state index contributed by atoms with van der Waals surface area (Å²) in [5, 5.41) is 8.55. The van der Waals surface area contributed by atoms with E-state index >= 15 is 0 Å². The number of terminal acetylenes is 1. The number of hydrogen-bond acceptors (Lipinski definition) is 2. The fraction of sp³-hybridized carbons (Fsp3) is 0.700. The van der Waals surface area contributed by atoms with Crippen molar-refractivity contribution in [3.8, 4) is 12.3 Å². The molecule has 0 atom stereocenters. The largest absolute Gasteiger partial charge is 0.396 e. The Labute approximate surface area is 79.7 Å². The van der Waals surface area contributed by atoms with Crippen molar-refractivity contribution in [1.29, 1.82) is 0 Å². The Bertz CT molecular complexity index is 184. The van der Waals surface area contributed by atoms with E-state index < -0.39 is 0 Å². The van der Waals surface area contributed by atoms with Crippen LogP contribution in [-0.4, -0.2) is 35.6 Å². The number of carbonyl (C=O) groups is 1. The van der Waals surface area contributed by atoms with Gasteiger partial charge in [-0.1, -0.05) is 12.8 Å². The molecule has 0 aromatic heterocycles. The molecule has 0 aromatic rings. The van der Waals surface area contributed by atoms with Crippen molar-refractivity contribution in [3.63, 3.8) is 0 Å². The van der Waals surface area contributed by atoms with Gasteiger partial charge in [0.05, 0.1) is 6.54 Å². The molecule has 0 spiro atoms. The SMILES string of the molecule is C#CCN(CCC)C(=O)CCCO. The molecule has 0 saturated heterocycles. The quantitative estimate of drug-likeness (QED) is 0.614. The van der Waals surface area contributed by atoms with Gasteiger partial charge in [0.15, 0.2) is 0 Å². The van der Waals surface area contributed by atoms with Crippen LogP contribution >= 0.6 is 0 Å². The lowest BCUT2D eigenvalue weighted by atomic mass is 10.2. The van der Waals surface area contributed by atoms with Crippen molar-refractivity contribution >= 4 is 5.91 Å². The molecule has 0 aliphatic carbocycles. The molecule has 0 aromatic carbocycles. The average Bonchev–Trinajstić information content (AvgIpc) is 2.14. The first-order chi connectivity index (χ1) is 6.26. The van der Waals surface area contributed by atoms with E-state index in [2.05, 4.69) is 5.92 Å². The van der Waals surface area contributed by atoms with Gasteiger partial charge in [-0.05, 0) is 12.8 Å². The van der Waals surface area contributed by atoms with Crippen LogP contribution in [0.2, 0.25) is 0 Å². The minimum Gasteiger partial charge on any atom is -0.396 e. The first-order valence-corrected chi connectivity index (χ1v) is 4.58. The zero-order chi connectivity index (χ0) is 10.1. The zero-order valence-corrected chi connectivity index (χ0v) is 8.12. The Hall–Kier alpha value is -1.01. The van der Waals surface area contributed by atoms with E-state index in [4.69, 9.17) is 11.5 Å². The topological polar surface area (TPSA) is 40.5 Å². The summed E-state index contributed by atoms with van der Waals surface area (Å²) in [6.45, 7) is 3.14. The van der Waals surface area contributed by atoms with E-state index in [1.165, 1.54) is 0 Å². The molecule has 1 N–H and O–H groups in total. The van der Waals surface area contributed by atoms with Crippen molar-refractivity contribution in [3.05, 3.63) is 0 Å². The molecule has 74 valence electrons. The molecule has 0 heterocycles. The van der Waals surface area contributed by atoms with Crippen LogP contribution in [0.1, 0.15) is 26.2 Å². The summed E-state index contributed by atoms with van der Waals surface area (Å²) in [5.74, 6) is 2.49. The van der Waals surface area contributed by atoms with Gasteiger partial charge >= 0.3 is 0 Å². The minimum absolute atomic E-state index is 0.0360. The smallest absolute Gasteiger partial charge is 0.223 e. The zero-order valence-electron chi connectivity index (χ0n) is 8.12. The number of aliphatic hydroxyl groups is 1. The van der Waals surface area contributed by atoms with Crippen molar-refractivity contribution in [2.24, 2.45) is 0 Å². The van der Waals surface area contributed by atoms with Gasteiger partial charge in [0.2, 0.25) is 5.91 Å². The second-order valence-corrected chi connectivity index (χ2v) is 2.85. The van der Waals surface area contributed by atoms with Gasteiger partial charge in [-0.2, -0.15) is 0 Å². The van der Waals surface area contributed by atoms with Crippen molar-refractivity contribution in [2.75, 3.05) is 19.7 Å². The average molecular weight is 183 g/mol. The normalized spacial score (nSPS) is 9.31. The van der Waals surface area contributed by atoms with Crippen LogP contribution in [0.4, 0.5) is 0 Å². The summed E-state index contributed by atoms with van der Waals surface area (Å²) in [7, 11) is 0. The highest BCUT2D eigenvalue weighted by Gasteiger charge is 2.09. The summed E-state index contributed by atoms with van der Waals surface area (Å²) in [5.41, 5.74) is 0. The Morgan fingerprint density at radius 1 is 1.62 bits per heavy atom. The minimum atomic E-state index is 0.0360. The van der Waals surface area contributed by atoms with Crippen LogP contribution in [0.5, 0.6) is 0 Å². The molecular formula is C10H17NO2. The summed E-state index contributed by atoms with van der Waals surface area (Å²) >= 11 is 0. The Kier molecular flexibility index (Phi) is 7.04. The monoisotopic (exact) mass is 183 g/mol. The van der Waals surface area contributed by atoms with Gasteiger partial charge in [-0.15, -0.1) is 6.42 Å². The first-order valence-electron chi connectivity index (χ1n) is 4.58. The summed E-state index contributed by atoms with van der Waals surface area (Å²) < 4.78 is 0. The molecule has 0 saturated carbocycles. The van der Waals surface area contributed by atoms with Crippen LogP contribution in [0.3, 0.4) is 0 Å². The van der Waals surface area contributed by atoms with Gasteiger partial charge in [0, 0.05) is 19.6 Å². The van der Waals surface area contributed by atoms with Gasteiger partial charge in [-0.25, -0.2) is 0 Å². The number of carbonyl (C=O) groups excluding carboxylic acids is 1. The van der Waals surface area contributed by atoms with Crippen LogP contribution in [0.15, 0.2) is 0 Å². The predicted octanol–water partition coefficient (Wildman–Crippen LogP) is 0.631. The number of hydrogen-bond donors (Lipinski definition) is 1. The lowest BCUT2D eigenvalue weighted by molar-refractivity contribution is -0.130. The van der Waals surface area contributed by atoms with E-state index in [1.807, 2.05) is 6.92 Å². The highest BCUT2D eigenvalue weighted by molar-refractivity contribution is 5.76. The second-order valence-electron chi connectivity index (χ2n) is 2.85. The molecule has 0 fully saturated rings. The van der Waals surface area contributed by atoms with E-state index in [-0.39, 0.29) is 12.5 Å². The van der Waals surface area contributed by atoms with Crippen molar-refractivity contribution in [2.45, 2.75) is 26.2 Å². The summed E-state index contributed by atoms with van der Waals surface area (Å²) in [6, 6.07) is 0. The molecule has 0 unspecified atom stereocenters. The molecule has 3 nitrogen and oxygen atoms in total. The molecule has 0 bridgehead atoms. The van der Waals surface area contributed by atoms with Crippen molar-refractivity contribution < 1.29 is 9.90 Å². The van der Waals surface area contributed by atoms with E-state index in [9.17, 15) is 4.79 Å². The highest BCUT2D eigenvalue weighted by Crippen LogP contribution is 1.98. The third kappa shape index (κ3) is 5.26. The maximum absolute atomic E-state index is 11.4. The van der Waals surface area contributed by atoms with E-state index in [0.717, 1.165) is 6.42 Å². The van der Waals surface area contributed by atoms with Gasteiger partial charge in [0.25, 0.3) is 0 Å². The Balaban J connectivity index is 3.89. The molecule has 0 aliphatic rings. The third-order valence-corrected chi connectivity index (χ3v) is 1.68. The second kappa shape index (κ2) is 7.63. The molecule has 0 aliphatic heterocycles. The van der Waals surface area contributed by atoms with Crippen LogP contribution in [0, 0.1) is 12.3 Å². The Morgan fingerprint density at radius 2 is 2.31 bits per heavy atom. The molecular weight excluding hydrogens is 166 g/mol. The Morgan fingerprint density at radius 3 is 2.77 bits per heavy atom. The highest BCUT2D eigenvalue weighted by atomic mass is 16.3. The maximum Gasteiger partial charge on any atom is 0.223 e. The third-order valence-electron chi connectivity index (χ3n) is 1.68. The standard InChI is InChI=1S/C10H17NO2/c1-3-7-11(8-4-2)10(13)6-5-9-12/h1,12H,4-9H2,2H3. The lowest BCUT2D eigenvalue weighted by Crippen LogP contribution is -2.32. The van der Waals surface area contributed by atoms with Gasteiger partial charge < -0.3 is 10.0 Å².